The topological polar surface area (TPSA) is 45.6 Å². The maximum absolute atomic E-state index is 5.90. The van der Waals surface area contributed by atoms with Gasteiger partial charge >= 0.3 is 0 Å². The molecule has 2 aliphatic heterocycles. The molecule has 7 heteroatoms. The molecular weight excluding hydrogens is 454 g/mol. The Hall–Kier alpha value is -2.74. The van der Waals surface area contributed by atoms with E-state index in [-0.39, 0.29) is 12.1 Å². The van der Waals surface area contributed by atoms with Crippen molar-refractivity contribution in [3.63, 3.8) is 0 Å². The lowest BCUT2D eigenvalue weighted by atomic mass is 9.96. The monoisotopic (exact) mass is 489 g/mol. The van der Waals surface area contributed by atoms with Gasteiger partial charge in [-0.15, -0.1) is 0 Å². The molecule has 184 valence electrons. The molecule has 0 bridgehead atoms. The van der Waals surface area contributed by atoms with Crippen molar-refractivity contribution in [1.29, 1.82) is 0 Å². The predicted molar refractivity (Wildman–Crippen MR) is 144 cm³/mol. The Balaban J connectivity index is 1.47. The van der Waals surface area contributed by atoms with Crippen LogP contribution in [0, 0.1) is 20.8 Å². The van der Waals surface area contributed by atoms with Crippen molar-refractivity contribution in [3.8, 4) is 5.69 Å². The molecule has 0 saturated carbocycles. The van der Waals surface area contributed by atoms with E-state index in [2.05, 4.69) is 82.9 Å². The molecular formula is C28H35N5OS. The zero-order valence-electron chi connectivity index (χ0n) is 20.9. The molecule has 5 rings (SSSR count). The minimum absolute atomic E-state index is 0.0130. The number of ether oxygens (including phenoxy) is 1. The van der Waals surface area contributed by atoms with Gasteiger partial charge in [0, 0.05) is 49.5 Å². The molecule has 0 amide bonds. The Morgan fingerprint density at radius 1 is 1.03 bits per heavy atom. The maximum atomic E-state index is 5.90. The summed E-state index contributed by atoms with van der Waals surface area (Å²) in [6.07, 6.45) is 2.93. The van der Waals surface area contributed by atoms with E-state index < -0.39 is 0 Å². The zero-order valence-corrected chi connectivity index (χ0v) is 21.7. The van der Waals surface area contributed by atoms with Gasteiger partial charge in [-0.2, -0.15) is 0 Å². The first-order chi connectivity index (χ1) is 17.0. The van der Waals surface area contributed by atoms with E-state index in [0.29, 0.717) is 0 Å². The SMILES string of the molecule is Cc1ccc(-n2c(C)cc([C@@H]3[C@H](c4ccccn4)NC(=S)N3CCCN3CCOCC3)c2C)cc1. The summed E-state index contributed by atoms with van der Waals surface area (Å²) in [5.41, 5.74) is 7.27. The van der Waals surface area contributed by atoms with Crippen LogP contribution in [-0.4, -0.2) is 63.9 Å². The Labute approximate surface area is 213 Å². The summed E-state index contributed by atoms with van der Waals surface area (Å²) < 4.78 is 7.87. The number of hydrogen-bond donors (Lipinski definition) is 1. The number of nitrogens with one attached hydrogen (secondary N) is 1. The predicted octanol–water partition coefficient (Wildman–Crippen LogP) is 4.49. The molecule has 0 radical (unpaired) electrons. The number of aryl methyl sites for hydroxylation is 2. The molecule has 0 aliphatic carbocycles. The smallest absolute Gasteiger partial charge is 0.170 e. The van der Waals surface area contributed by atoms with Gasteiger partial charge in [0.2, 0.25) is 0 Å². The molecule has 2 aliphatic rings. The standard InChI is InChI=1S/C28H35N5OS/c1-20-8-10-23(11-9-20)33-21(2)19-24(22(33)3)27-26(25-7-4-5-12-29-25)30-28(35)32(27)14-6-13-31-15-17-34-18-16-31/h4-5,7-12,19,26-27H,6,13-18H2,1-3H3,(H,30,35)/t26-,27+/m0/s1. The van der Waals surface area contributed by atoms with E-state index in [1.165, 1.54) is 28.2 Å². The quantitative estimate of drug-likeness (QED) is 0.494. The summed E-state index contributed by atoms with van der Waals surface area (Å²) in [5.74, 6) is 0. The van der Waals surface area contributed by atoms with Crippen LogP contribution in [0.5, 0.6) is 0 Å². The molecule has 3 aromatic rings. The molecule has 35 heavy (non-hydrogen) atoms. The number of rotatable bonds is 7. The van der Waals surface area contributed by atoms with Gasteiger partial charge in [-0.05, 0) is 75.3 Å². The average Bonchev–Trinajstić information content (AvgIpc) is 3.36. The second kappa shape index (κ2) is 10.5. The van der Waals surface area contributed by atoms with Crippen molar-refractivity contribution in [2.45, 2.75) is 39.3 Å². The van der Waals surface area contributed by atoms with Crippen molar-refractivity contribution >= 4 is 17.3 Å². The van der Waals surface area contributed by atoms with E-state index >= 15 is 0 Å². The summed E-state index contributed by atoms with van der Waals surface area (Å²) in [4.78, 5) is 9.58. The van der Waals surface area contributed by atoms with Gasteiger partial charge in [0.25, 0.3) is 0 Å². The van der Waals surface area contributed by atoms with Gasteiger partial charge in [-0.25, -0.2) is 0 Å². The van der Waals surface area contributed by atoms with Gasteiger partial charge in [0.15, 0.2) is 5.11 Å². The molecule has 1 aromatic carbocycles. The van der Waals surface area contributed by atoms with Gasteiger partial charge < -0.3 is 19.5 Å². The van der Waals surface area contributed by atoms with E-state index in [9.17, 15) is 0 Å². The Morgan fingerprint density at radius 3 is 2.51 bits per heavy atom. The van der Waals surface area contributed by atoms with Crippen molar-refractivity contribution in [2.75, 3.05) is 39.4 Å². The summed E-state index contributed by atoms with van der Waals surface area (Å²) in [6, 6.07) is 17.3. The lowest BCUT2D eigenvalue weighted by molar-refractivity contribution is 0.0365. The van der Waals surface area contributed by atoms with Crippen LogP contribution in [0.15, 0.2) is 54.7 Å². The molecule has 6 nitrogen and oxygen atoms in total. The van der Waals surface area contributed by atoms with Crippen LogP contribution in [0.1, 0.15) is 46.7 Å². The number of benzene rings is 1. The third kappa shape index (κ3) is 4.99. The first kappa shape index (κ1) is 24.0. The molecule has 0 unspecified atom stereocenters. The van der Waals surface area contributed by atoms with Crippen LogP contribution in [-0.2, 0) is 4.74 Å². The Bertz CT molecular complexity index is 1150. The van der Waals surface area contributed by atoms with Crippen LogP contribution in [0.2, 0.25) is 0 Å². The first-order valence-electron chi connectivity index (χ1n) is 12.6. The van der Waals surface area contributed by atoms with Gasteiger partial charge in [0.05, 0.1) is 31.0 Å². The number of morpholine rings is 1. The molecule has 2 atom stereocenters. The third-order valence-electron chi connectivity index (χ3n) is 7.26. The minimum Gasteiger partial charge on any atom is -0.379 e. The molecule has 2 aromatic heterocycles. The van der Waals surface area contributed by atoms with Crippen molar-refractivity contribution in [1.82, 2.24) is 24.7 Å². The largest absolute Gasteiger partial charge is 0.379 e. The summed E-state index contributed by atoms with van der Waals surface area (Å²) in [6.45, 7) is 12.2. The second-order valence-electron chi connectivity index (χ2n) is 9.62. The fourth-order valence-corrected chi connectivity index (χ4v) is 5.78. The molecule has 0 spiro atoms. The number of pyridine rings is 1. The number of hydrogen-bond acceptors (Lipinski definition) is 4. The van der Waals surface area contributed by atoms with Gasteiger partial charge in [-0.3, -0.25) is 9.88 Å². The highest BCUT2D eigenvalue weighted by Crippen LogP contribution is 2.41. The lowest BCUT2D eigenvalue weighted by Crippen LogP contribution is -2.39. The summed E-state index contributed by atoms with van der Waals surface area (Å²) in [7, 11) is 0. The fourth-order valence-electron chi connectivity index (χ4n) is 5.45. The highest BCUT2D eigenvalue weighted by molar-refractivity contribution is 7.80. The van der Waals surface area contributed by atoms with E-state index in [4.69, 9.17) is 21.9 Å². The summed E-state index contributed by atoms with van der Waals surface area (Å²) in [5, 5.41) is 4.43. The van der Waals surface area contributed by atoms with Crippen molar-refractivity contribution in [2.24, 2.45) is 0 Å². The lowest BCUT2D eigenvalue weighted by Gasteiger charge is -2.30. The van der Waals surface area contributed by atoms with Gasteiger partial charge in [-0.1, -0.05) is 23.8 Å². The maximum Gasteiger partial charge on any atom is 0.170 e. The van der Waals surface area contributed by atoms with E-state index in [1.807, 2.05) is 12.3 Å². The van der Waals surface area contributed by atoms with Crippen molar-refractivity contribution < 1.29 is 4.74 Å². The molecule has 4 heterocycles. The Kier molecular flexibility index (Phi) is 7.18. The molecule has 2 fully saturated rings. The van der Waals surface area contributed by atoms with Crippen LogP contribution >= 0.6 is 12.2 Å². The normalized spacial score (nSPS) is 20.9. The van der Waals surface area contributed by atoms with Crippen LogP contribution in [0.25, 0.3) is 5.69 Å². The number of nitrogens with zero attached hydrogens (tertiary/aromatic N) is 4. The minimum atomic E-state index is 0.0130. The third-order valence-corrected chi connectivity index (χ3v) is 7.61. The Morgan fingerprint density at radius 2 is 1.80 bits per heavy atom. The van der Waals surface area contributed by atoms with Crippen LogP contribution < -0.4 is 5.32 Å². The van der Waals surface area contributed by atoms with Crippen LogP contribution in [0.4, 0.5) is 0 Å². The van der Waals surface area contributed by atoms with Gasteiger partial charge in [0.1, 0.15) is 0 Å². The molecule has 2 saturated heterocycles. The highest BCUT2D eigenvalue weighted by Gasteiger charge is 2.41. The molecule has 1 N–H and O–H groups in total. The van der Waals surface area contributed by atoms with E-state index in [1.54, 1.807) is 0 Å². The average molecular weight is 490 g/mol. The second-order valence-corrected chi connectivity index (χ2v) is 10.0. The summed E-state index contributed by atoms with van der Waals surface area (Å²) >= 11 is 5.90. The fraction of sp³-hybridized carbons (Fsp3) is 0.429. The van der Waals surface area contributed by atoms with E-state index in [0.717, 1.165) is 56.6 Å². The first-order valence-corrected chi connectivity index (χ1v) is 13.0. The highest BCUT2D eigenvalue weighted by atomic mass is 32.1. The zero-order chi connectivity index (χ0) is 24.4. The van der Waals surface area contributed by atoms with Crippen LogP contribution in [0.3, 0.4) is 0 Å². The number of aromatic nitrogens is 2. The van der Waals surface area contributed by atoms with Crippen molar-refractivity contribution in [3.05, 3.63) is 82.9 Å². The number of thiocarbonyl (C=S) groups is 1.